The molecule has 0 heterocycles. The molecule has 0 N–H and O–H groups in total. The summed E-state index contributed by atoms with van der Waals surface area (Å²) in [5.41, 5.74) is 0. The quantitative estimate of drug-likeness (QED) is 0.676. The van der Waals surface area contributed by atoms with Crippen molar-refractivity contribution in [1.29, 1.82) is 0 Å². The van der Waals surface area contributed by atoms with Crippen molar-refractivity contribution in [3.05, 3.63) is 12.2 Å². The second kappa shape index (κ2) is 8.33. The van der Waals surface area contributed by atoms with Gasteiger partial charge in [0.1, 0.15) is 0 Å². The van der Waals surface area contributed by atoms with Crippen molar-refractivity contribution in [2.24, 2.45) is 23.7 Å². The van der Waals surface area contributed by atoms with Crippen LogP contribution in [0.2, 0.25) is 0 Å². The van der Waals surface area contributed by atoms with E-state index in [2.05, 4.69) is 26.0 Å². The van der Waals surface area contributed by atoms with Crippen LogP contribution >= 0.6 is 0 Å². The second-order valence-electron chi connectivity index (χ2n) is 7.38. The summed E-state index contributed by atoms with van der Waals surface area (Å²) in [5, 5.41) is 0. The summed E-state index contributed by atoms with van der Waals surface area (Å²) in [6.07, 6.45) is 15.0. The summed E-state index contributed by atoms with van der Waals surface area (Å²) in [4.78, 5) is 0. The SMILES string of the molecule is COC1CC(/C=C/C2CCCCC2)CC(OC)C1C(C)C. The van der Waals surface area contributed by atoms with Gasteiger partial charge in [0.05, 0.1) is 12.2 Å². The lowest BCUT2D eigenvalue weighted by Crippen LogP contribution is -2.44. The Morgan fingerprint density at radius 3 is 1.81 bits per heavy atom. The van der Waals surface area contributed by atoms with Crippen molar-refractivity contribution in [2.75, 3.05) is 14.2 Å². The van der Waals surface area contributed by atoms with Crippen molar-refractivity contribution in [3.63, 3.8) is 0 Å². The molecule has 0 aromatic rings. The first-order valence-electron chi connectivity index (χ1n) is 8.89. The molecule has 0 amide bonds. The summed E-state index contributed by atoms with van der Waals surface area (Å²) < 4.78 is 11.6. The standard InChI is InChI=1S/C19H34O2/c1-14(2)19-17(20-3)12-16(13-18(19)21-4)11-10-15-8-6-5-7-9-15/h10-11,14-19H,5-9,12-13H2,1-4H3/b11-10+. The molecule has 122 valence electrons. The van der Waals surface area contributed by atoms with Crippen LogP contribution in [0.25, 0.3) is 0 Å². The van der Waals surface area contributed by atoms with Crippen molar-refractivity contribution in [1.82, 2.24) is 0 Å². The fraction of sp³-hybridized carbons (Fsp3) is 0.895. The highest BCUT2D eigenvalue weighted by atomic mass is 16.5. The van der Waals surface area contributed by atoms with Crippen LogP contribution in [0.3, 0.4) is 0 Å². The molecule has 2 aliphatic carbocycles. The maximum atomic E-state index is 5.81. The predicted octanol–water partition coefficient (Wildman–Crippen LogP) is 4.84. The molecule has 0 saturated heterocycles. The molecule has 2 heteroatoms. The van der Waals surface area contributed by atoms with Crippen molar-refractivity contribution >= 4 is 0 Å². The zero-order chi connectivity index (χ0) is 15.2. The van der Waals surface area contributed by atoms with Gasteiger partial charge < -0.3 is 9.47 Å². The van der Waals surface area contributed by atoms with Crippen LogP contribution in [0.5, 0.6) is 0 Å². The van der Waals surface area contributed by atoms with Crippen LogP contribution in [-0.2, 0) is 9.47 Å². The van der Waals surface area contributed by atoms with Crippen LogP contribution in [0, 0.1) is 23.7 Å². The van der Waals surface area contributed by atoms with E-state index in [1.807, 2.05) is 14.2 Å². The number of rotatable bonds is 5. The summed E-state index contributed by atoms with van der Waals surface area (Å²) in [6, 6.07) is 0. The molecule has 2 aliphatic rings. The van der Waals surface area contributed by atoms with Gasteiger partial charge in [-0.3, -0.25) is 0 Å². The van der Waals surface area contributed by atoms with Gasteiger partial charge in [-0.05, 0) is 43.4 Å². The van der Waals surface area contributed by atoms with E-state index < -0.39 is 0 Å². The third-order valence-corrected chi connectivity index (χ3v) is 5.61. The summed E-state index contributed by atoms with van der Waals surface area (Å²) >= 11 is 0. The van der Waals surface area contributed by atoms with Crippen molar-refractivity contribution in [3.8, 4) is 0 Å². The summed E-state index contributed by atoms with van der Waals surface area (Å²) in [5.74, 6) is 2.59. The minimum Gasteiger partial charge on any atom is -0.381 e. The molecular weight excluding hydrogens is 260 g/mol. The highest BCUT2D eigenvalue weighted by molar-refractivity contribution is 5.00. The van der Waals surface area contributed by atoms with Gasteiger partial charge in [0.25, 0.3) is 0 Å². The first-order chi connectivity index (χ1) is 10.2. The van der Waals surface area contributed by atoms with Crippen LogP contribution < -0.4 is 0 Å². The van der Waals surface area contributed by atoms with E-state index in [9.17, 15) is 0 Å². The molecule has 2 unspecified atom stereocenters. The molecule has 0 spiro atoms. The zero-order valence-electron chi connectivity index (χ0n) is 14.4. The van der Waals surface area contributed by atoms with Gasteiger partial charge in [0.15, 0.2) is 0 Å². The lowest BCUT2D eigenvalue weighted by molar-refractivity contribution is -0.0906. The molecule has 0 aromatic carbocycles. The van der Waals surface area contributed by atoms with Gasteiger partial charge in [-0.25, -0.2) is 0 Å². The smallest absolute Gasteiger partial charge is 0.0632 e. The Morgan fingerprint density at radius 2 is 1.33 bits per heavy atom. The Labute approximate surface area is 131 Å². The van der Waals surface area contributed by atoms with Gasteiger partial charge >= 0.3 is 0 Å². The lowest BCUT2D eigenvalue weighted by Gasteiger charge is -2.42. The van der Waals surface area contributed by atoms with Crippen LogP contribution in [0.15, 0.2) is 12.2 Å². The number of hydrogen-bond donors (Lipinski definition) is 0. The van der Waals surface area contributed by atoms with E-state index in [4.69, 9.17) is 9.47 Å². The van der Waals surface area contributed by atoms with Crippen LogP contribution in [-0.4, -0.2) is 26.4 Å². The lowest BCUT2D eigenvalue weighted by atomic mass is 9.72. The zero-order valence-corrected chi connectivity index (χ0v) is 14.4. The third-order valence-electron chi connectivity index (χ3n) is 5.61. The number of methoxy groups -OCH3 is 2. The van der Waals surface area contributed by atoms with Crippen molar-refractivity contribution < 1.29 is 9.47 Å². The molecule has 2 atom stereocenters. The maximum absolute atomic E-state index is 5.81. The molecule has 0 aromatic heterocycles. The van der Waals surface area contributed by atoms with E-state index in [1.165, 1.54) is 32.1 Å². The number of hydrogen-bond acceptors (Lipinski definition) is 2. The van der Waals surface area contributed by atoms with Crippen LogP contribution in [0.1, 0.15) is 58.8 Å². The molecule has 0 radical (unpaired) electrons. The topological polar surface area (TPSA) is 18.5 Å². The largest absolute Gasteiger partial charge is 0.381 e. The Hall–Kier alpha value is -0.340. The highest BCUT2D eigenvalue weighted by Gasteiger charge is 2.39. The maximum Gasteiger partial charge on any atom is 0.0632 e. The molecule has 2 fully saturated rings. The van der Waals surface area contributed by atoms with Gasteiger partial charge in [-0.15, -0.1) is 0 Å². The average Bonchev–Trinajstić information content (AvgIpc) is 2.52. The van der Waals surface area contributed by atoms with E-state index in [1.54, 1.807) is 0 Å². The fourth-order valence-corrected chi connectivity index (χ4v) is 4.41. The van der Waals surface area contributed by atoms with Gasteiger partial charge in [-0.2, -0.15) is 0 Å². The van der Waals surface area contributed by atoms with Crippen molar-refractivity contribution in [2.45, 2.75) is 71.0 Å². The Bertz CT molecular complexity index is 304. The Kier molecular flexibility index (Phi) is 6.75. The minimum absolute atomic E-state index is 0.338. The normalized spacial score (nSPS) is 35.7. The average molecular weight is 294 g/mol. The monoisotopic (exact) mass is 294 g/mol. The molecule has 0 aliphatic heterocycles. The van der Waals surface area contributed by atoms with E-state index in [-0.39, 0.29) is 0 Å². The van der Waals surface area contributed by atoms with Gasteiger partial charge in [-0.1, -0.05) is 45.3 Å². The van der Waals surface area contributed by atoms with E-state index in [0.717, 1.165) is 18.8 Å². The molecule has 21 heavy (non-hydrogen) atoms. The molecule has 0 bridgehead atoms. The van der Waals surface area contributed by atoms with Crippen LogP contribution in [0.4, 0.5) is 0 Å². The first-order valence-corrected chi connectivity index (χ1v) is 8.89. The Morgan fingerprint density at radius 1 is 0.810 bits per heavy atom. The van der Waals surface area contributed by atoms with Gasteiger partial charge in [0, 0.05) is 20.1 Å². The predicted molar refractivity (Wildman–Crippen MR) is 88.4 cm³/mol. The summed E-state index contributed by atoms with van der Waals surface area (Å²) in [7, 11) is 3.72. The highest BCUT2D eigenvalue weighted by Crippen LogP contribution is 2.38. The minimum atomic E-state index is 0.338. The molecule has 2 nitrogen and oxygen atoms in total. The third kappa shape index (κ3) is 4.56. The molecule has 2 rings (SSSR count). The first kappa shape index (κ1) is 17.0. The van der Waals surface area contributed by atoms with E-state index >= 15 is 0 Å². The number of allylic oxidation sites excluding steroid dienone is 2. The van der Waals surface area contributed by atoms with Gasteiger partial charge in [0.2, 0.25) is 0 Å². The molecule has 2 saturated carbocycles. The summed E-state index contributed by atoms with van der Waals surface area (Å²) in [6.45, 7) is 4.59. The molecular formula is C19H34O2. The van der Waals surface area contributed by atoms with E-state index in [0.29, 0.717) is 30.0 Å². The Balaban J connectivity index is 1.96. The second-order valence-corrected chi connectivity index (χ2v) is 7.38. The fourth-order valence-electron chi connectivity index (χ4n) is 4.41. The number of ether oxygens (including phenoxy) is 2.